The van der Waals surface area contributed by atoms with Crippen molar-refractivity contribution in [3.8, 4) is 46.3 Å². The Balaban J connectivity index is 0.000000753. The van der Waals surface area contributed by atoms with E-state index in [2.05, 4.69) is 22.1 Å². The summed E-state index contributed by atoms with van der Waals surface area (Å²) in [6.45, 7) is 5.35. The molecular formula is C60H56F8N6O12. The Morgan fingerprint density at radius 2 is 0.895 bits per heavy atom. The predicted molar refractivity (Wildman–Crippen MR) is 288 cm³/mol. The van der Waals surface area contributed by atoms with Crippen molar-refractivity contribution < 1.29 is 93.7 Å². The van der Waals surface area contributed by atoms with Gasteiger partial charge in [-0.2, -0.15) is 36.9 Å². The van der Waals surface area contributed by atoms with Crippen molar-refractivity contribution in [1.29, 1.82) is 10.5 Å². The van der Waals surface area contributed by atoms with Gasteiger partial charge in [0, 0.05) is 72.3 Å². The molecule has 4 heterocycles. The summed E-state index contributed by atoms with van der Waals surface area (Å²) in [5.41, 5.74) is 8.06. The fourth-order valence-electron chi connectivity index (χ4n) is 9.40. The van der Waals surface area contributed by atoms with Crippen LogP contribution in [0.1, 0.15) is 94.2 Å². The SMILES string of the molecule is Cc1c(COc2cc(OCc3cncc(C#N)c3)c(CN3CCCC[C@H]3C(=O)O)cc2F)cccc1-c1cccc(COc2cc(OCc3cncc(C#N)c3)c(CN3CCCC[C@H]3C(=O)O)cc2F)c1C.O=C(O)C(F)(F)F.O=C(O)C(F)(F)F. The zero-order chi connectivity index (χ0) is 62.9. The first kappa shape index (κ1) is 65.7. The van der Waals surface area contributed by atoms with Crippen molar-refractivity contribution in [3.05, 3.63) is 165 Å². The van der Waals surface area contributed by atoms with Crippen molar-refractivity contribution >= 4 is 23.9 Å². The highest BCUT2D eigenvalue weighted by molar-refractivity contribution is 5.75. The summed E-state index contributed by atoms with van der Waals surface area (Å²) in [5, 5.41) is 52.9. The Hall–Kier alpha value is -9.40. The van der Waals surface area contributed by atoms with E-state index in [-0.39, 0.29) is 51.0 Å². The minimum Gasteiger partial charge on any atom is -0.488 e. The van der Waals surface area contributed by atoms with Gasteiger partial charge in [-0.05, 0) is 110 Å². The number of alkyl halides is 6. The van der Waals surface area contributed by atoms with E-state index >= 15 is 8.78 Å². The quantitative estimate of drug-likeness (QED) is 0.0549. The summed E-state index contributed by atoms with van der Waals surface area (Å²) >= 11 is 0. The highest BCUT2D eigenvalue weighted by Gasteiger charge is 2.39. The van der Waals surface area contributed by atoms with Crippen LogP contribution in [-0.4, -0.2) is 102 Å². The van der Waals surface area contributed by atoms with Crippen molar-refractivity contribution in [2.45, 2.75) is 116 Å². The third-order valence-corrected chi connectivity index (χ3v) is 13.8. The number of carboxylic acid groups (broad SMARTS) is 4. The zero-order valence-electron chi connectivity index (χ0n) is 46.1. The fraction of sp³-hybridized carbons (Fsp3) is 0.333. The maximum Gasteiger partial charge on any atom is 0.490 e. The van der Waals surface area contributed by atoms with Crippen LogP contribution in [0.4, 0.5) is 35.1 Å². The maximum atomic E-state index is 16.0. The summed E-state index contributed by atoms with van der Waals surface area (Å²) in [4.78, 5) is 53.9. The highest BCUT2D eigenvalue weighted by Crippen LogP contribution is 2.37. The largest absolute Gasteiger partial charge is 0.490 e. The van der Waals surface area contributed by atoms with Crippen LogP contribution in [0.5, 0.6) is 23.0 Å². The number of carbonyl (C=O) groups is 4. The molecule has 0 bridgehead atoms. The number of nitrogens with zero attached hydrogens (tertiary/aromatic N) is 6. The molecule has 0 aliphatic carbocycles. The Labute approximate surface area is 487 Å². The Morgan fingerprint density at radius 3 is 1.23 bits per heavy atom. The predicted octanol–water partition coefficient (Wildman–Crippen LogP) is 11.2. The van der Waals surface area contributed by atoms with Gasteiger partial charge in [-0.15, -0.1) is 0 Å². The summed E-state index contributed by atoms with van der Waals surface area (Å²) < 4.78 is 120. The van der Waals surface area contributed by atoms with Crippen LogP contribution in [-0.2, 0) is 58.7 Å². The molecule has 2 fully saturated rings. The molecule has 0 saturated carbocycles. The molecule has 2 aliphatic heterocycles. The second-order valence-corrected chi connectivity index (χ2v) is 19.7. The van der Waals surface area contributed by atoms with Crippen molar-refractivity contribution in [3.63, 3.8) is 0 Å². The van der Waals surface area contributed by atoms with Crippen molar-refractivity contribution in [2.24, 2.45) is 0 Å². The molecule has 18 nitrogen and oxygen atoms in total. The molecule has 6 aromatic rings. The Kier molecular flexibility index (Phi) is 22.9. The van der Waals surface area contributed by atoms with Crippen molar-refractivity contribution in [2.75, 3.05) is 13.1 Å². The molecule has 2 atom stereocenters. The van der Waals surface area contributed by atoms with Crippen LogP contribution in [0.25, 0.3) is 11.1 Å². The number of aromatic nitrogens is 2. The smallest absolute Gasteiger partial charge is 0.488 e. The molecule has 2 saturated heterocycles. The second-order valence-electron chi connectivity index (χ2n) is 19.7. The van der Waals surface area contributed by atoms with Crippen molar-refractivity contribution in [1.82, 2.24) is 19.8 Å². The zero-order valence-corrected chi connectivity index (χ0v) is 46.1. The molecule has 86 heavy (non-hydrogen) atoms. The van der Waals surface area contributed by atoms with Gasteiger partial charge in [-0.3, -0.25) is 29.4 Å². The number of carboxylic acids is 4. The van der Waals surface area contributed by atoms with E-state index in [1.807, 2.05) is 60.0 Å². The van der Waals surface area contributed by atoms with E-state index in [1.165, 1.54) is 36.7 Å². The molecule has 454 valence electrons. The molecule has 4 aromatic carbocycles. The van der Waals surface area contributed by atoms with Gasteiger partial charge in [0.25, 0.3) is 0 Å². The number of likely N-dealkylation sites (tertiary alicyclic amines) is 2. The van der Waals surface area contributed by atoms with Crippen LogP contribution >= 0.6 is 0 Å². The molecular weight excluding hydrogens is 1150 g/mol. The van der Waals surface area contributed by atoms with Gasteiger partial charge in [-0.25, -0.2) is 18.4 Å². The molecule has 2 aromatic heterocycles. The minimum atomic E-state index is -5.08. The topological polar surface area (TPSA) is 266 Å². The third kappa shape index (κ3) is 18.3. The van der Waals surface area contributed by atoms with E-state index in [0.717, 1.165) is 59.1 Å². The Morgan fingerprint density at radius 1 is 0.535 bits per heavy atom. The maximum absolute atomic E-state index is 16.0. The monoisotopic (exact) mass is 1200 g/mol. The number of hydrogen-bond acceptors (Lipinski definition) is 14. The number of halogens is 8. The van der Waals surface area contributed by atoms with E-state index in [4.69, 9.17) is 38.7 Å². The van der Waals surface area contributed by atoms with Gasteiger partial charge in [0.15, 0.2) is 23.1 Å². The molecule has 2 aliphatic rings. The van der Waals surface area contributed by atoms with Crippen LogP contribution in [0.15, 0.2) is 97.6 Å². The van der Waals surface area contributed by atoms with Crippen LogP contribution < -0.4 is 18.9 Å². The molecule has 0 unspecified atom stereocenters. The van der Waals surface area contributed by atoms with Gasteiger partial charge in [0.2, 0.25) is 0 Å². The number of piperidine rings is 2. The normalized spacial score (nSPS) is 15.3. The lowest BCUT2D eigenvalue weighted by Gasteiger charge is -2.33. The number of nitriles is 2. The molecule has 0 spiro atoms. The average Bonchev–Trinajstić information content (AvgIpc) is 1.48. The number of pyridine rings is 2. The number of benzene rings is 4. The highest BCUT2D eigenvalue weighted by atomic mass is 19.4. The third-order valence-electron chi connectivity index (χ3n) is 13.8. The molecule has 0 radical (unpaired) electrons. The lowest BCUT2D eigenvalue weighted by molar-refractivity contribution is -0.193. The summed E-state index contributed by atoms with van der Waals surface area (Å²) in [5.74, 6) is -8.12. The number of aliphatic carboxylic acids is 4. The summed E-state index contributed by atoms with van der Waals surface area (Å²) in [7, 11) is 0. The molecule has 0 amide bonds. The summed E-state index contributed by atoms with van der Waals surface area (Å²) in [6, 6.07) is 23.2. The van der Waals surface area contributed by atoms with E-state index < -0.39 is 59.9 Å². The molecule has 26 heteroatoms. The lowest BCUT2D eigenvalue weighted by atomic mass is 9.92. The molecule has 8 rings (SSSR count). The van der Waals surface area contributed by atoms with Crippen LogP contribution in [0, 0.1) is 48.1 Å². The van der Waals surface area contributed by atoms with Crippen LogP contribution in [0.2, 0.25) is 0 Å². The number of rotatable bonds is 19. The number of hydrogen-bond donors (Lipinski definition) is 4. The van der Waals surface area contributed by atoms with E-state index in [0.29, 0.717) is 70.8 Å². The molecule has 4 N–H and O–H groups in total. The van der Waals surface area contributed by atoms with Gasteiger partial charge in [0.05, 0.1) is 11.1 Å². The van der Waals surface area contributed by atoms with Gasteiger partial charge < -0.3 is 39.4 Å². The second kappa shape index (κ2) is 29.9. The number of ether oxygens (including phenoxy) is 4. The minimum absolute atomic E-state index is 0.00719. The summed E-state index contributed by atoms with van der Waals surface area (Å²) in [6.07, 6.45) is 0.0699. The first-order valence-corrected chi connectivity index (χ1v) is 26.3. The van der Waals surface area contributed by atoms with Gasteiger partial charge in [-0.1, -0.05) is 49.2 Å². The first-order valence-electron chi connectivity index (χ1n) is 26.3. The lowest BCUT2D eigenvalue weighted by Crippen LogP contribution is -2.44. The van der Waals surface area contributed by atoms with Gasteiger partial charge in [0.1, 0.15) is 62.1 Å². The fourth-order valence-corrected chi connectivity index (χ4v) is 9.40. The van der Waals surface area contributed by atoms with E-state index in [9.17, 15) is 56.7 Å². The first-order chi connectivity index (χ1) is 40.8. The average molecular weight is 1210 g/mol. The Bertz CT molecular complexity index is 3270. The van der Waals surface area contributed by atoms with Gasteiger partial charge >= 0.3 is 36.2 Å². The standard InChI is InChI=1S/C56H54F2N6O8.2C2HF3O2/c1-35-41(33-71-53-21-51(69-31-39-17-37(23-59)25-61-27-39)43(19-47(53)57)29-63-15-5-3-13-49(63)55(65)66)9-7-11-45(35)46-12-8-10-42(36(46)2)34-72-54-22-52(70-32-40-18-38(24-60)26-62-28-40)44(20-48(54)58)30-64-16-6-4-14-50(64)56(67)68;2*3-2(4,5)1(6)7/h7-12,17-22,25-28,49-50H,3-6,13-16,29-34H2,1-2H3,(H,65,66)(H,67,68);2*(H,6,7)/t49-,50-;;/m0../s1. The van der Waals surface area contributed by atoms with E-state index in [1.54, 1.807) is 24.5 Å². The van der Waals surface area contributed by atoms with Crippen LogP contribution in [0.3, 0.4) is 0 Å².